The van der Waals surface area contributed by atoms with Crippen LogP contribution in [0.5, 0.6) is 0 Å². The van der Waals surface area contributed by atoms with Gasteiger partial charge in [0.15, 0.2) is 0 Å². The van der Waals surface area contributed by atoms with Crippen LogP contribution in [0.4, 0.5) is 0 Å². The number of imidazole rings is 1. The van der Waals surface area contributed by atoms with Crippen molar-refractivity contribution >= 4 is 15.9 Å². The lowest BCUT2D eigenvalue weighted by Crippen LogP contribution is -2.41. The number of carbonyl (C=O) groups excluding carboxylic acids is 1. The second-order valence-corrected chi connectivity index (χ2v) is 8.08. The summed E-state index contributed by atoms with van der Waals surface area (Å²) in [6.07, 6.45) is 2.06. The molecule has 0 saturated carbocycles. The van der Waals surface area contributed by atoms with E-state index < -0.39 is 10.0 Å². The number of nitrogens with zero attached hydrogens (tertiary/aromatic N) is 3. The second kappa shape index (κ2) is 6.37. The highest BCUT2D eigenvalue weighted by Crippen LogP contribution is 2.27. The van der Waals surface area contributed by atoms with Crippen molar-refractivity contribution in [2.75, 3.05) is 12.3 Å². The third-order valence-corrected chi connectivity index (χ3v) is 5.68. The predicted octanol–water partition coefficient (Wildman–Crippen LogP) is 0.676. The fraction of sp³-hybridized carbons (Fsp3) is 0.714. The van der Waals surface area contributed by atoms with Gasteiger partial charge in [-0.2, -0.15) is 4.31 Å². The molecule has 0 spiro atoms. The van der Waals surface area contributed by atoms with Crippen molar-refractivity contribution in [1.29, 1.82) is 0 Å². The van der Waals surface area contributed by atoms with Crippen molar-refractivity contribution in [2.45, 2.75) is 52.7 Å². The minimum Gasteiger partial charge on any atom is -0.354 e. The molecule has 124 valence electrons. The molecule has 0 radical (unpaired) electrons. The summed E-state index contributed by atoms with van der Waals surface area (Å²) in [5.41, 5.74) is 0.677. The first kappa shape index (κ1) is 17.0. The molecule has 2 heterocycles. The van der Waals surface area contributed by atoms with Crippen LogP contribution in [0.3, 0.4) is 0 Å². The van der Waals surface area contributed by atoms with Crippen LogP contribution in [0.25, 0.3) is 0 Å². The minimum atomic E-state index is -3.24. The molecule has 0 unspecified atom stereocenters. The molecule has 0 fully saturated rings. The third-order valence-electron chi connectivity index (χ3n) is 3.74. The number of aromatic nitrogens is 2. The topological polar surface area (TPSA) is 84.3 Å². The lowest BCUT2D eigenvalue weighted by atomic mass is 10.2. The number of carbonyl (C=O) groups is 1. The molecule has 0 saturated heterocycles. The maximum Gasteiger partial charge on any atom is 0.226 e. The first-order valence-electron chi connectivity index (χ1n) is 7.59. The molecule has 1 atom stereocenters. The summed E-state index contributed by atoms with van der Waals surface area (Å²) in [4.78, 5) is 16.3. The average molecular weight is 328 g/mol. The Balaban J connectivity index is 2.17. The van der Waals surface area contributed by atoms with Crippen LogP contribution in [0.1, 0.15) is 45.3 Å². The van der Waals surface area contributed by atoms with Crippen LogP contribution in [-0.2, 0) is 27.8 Å². The van der Waals surface area contributed by atoms with Crippen molar-refractivity contribution in [3.8, 4) is 0 Å². The Kier molecular flexibility index (Phi) is 4.91. The van der Waals surface area contributed by atoms with E-state index in [1.165, 1.54) is 4.31 Å². The van der Waals surface area contributed by atoms with E-state index in [4.69, 9.17) is 0 Å². The molecule has 2 rings (SSSR count). The van der Waals surface area contributed by atoms with Gasteiger partial charge in [0.2, 0.25) is 15.9 Å². The van der Waals surface area contributed by atoms with Gasteiger partial charge >= 0.3 is 0 Å². The Morgan fingerprint density at radius 1 is 1.45 bits per heavy atom. The van der Waals surface area contributed by atoms with Gasteiger partial charge in [0.05, 0.1) is 23.9 Å². The number of rotatable bonds is 5. The van der Waals surface area contributed by atoms with Gasteiger partial charge in [-0.05, 0) is 27.7 Å². The van der Waals surface area contributed by atoms with Gasteiger partial charge in [0.25, 0.3) is 0 Å². The first-order chi connectivity index (χ1) is 10.2. The highest BCUT2D eigenvalue weighted by molar-refractivity contribution is 7.89. The van der Waals surface area contributed by atoms with Crippen molar-refractivity contribution in [2.24, 2.45) is 0 Å². The molecule has 22 heavy (non-hydrogen) atoms. The maximum absolute atomic E-state index is 12.1. The number of fused-ring (bicyclic) bond motifs is 1. The number of amides is 1. The van der Waals surface area contributed by atoms with Crippen LogP contribution < -0.4 is 5.32 Å². The first-order valence-corrected chi connectivity index (χ1v) is 9.20. The summed E-state index contributed by atoms with van der Waals surface area (Å²) in [7, 11) is -3.24. The molecule has 1 aliphatic heterocycles. The summed E-state index contributed by atoms with van der Waals surface area (Å²) in [6.45, 7) is 8.31. The summed E-state index contributed by atoms with van der Waals surface area (Å²) < 4.78 is 27.7. The Bertz CT molecular complexity index is 651. The number of sulfonamides is 1. The monoisotopic (exact) mass is 328 g/mol. The van der Waals surface area contributed by atoms with E-state index in [1.54, 1.807) is 6.92 Å². The van der Waals surface area contributed by atoms with E-state index in [-0.39, 0.29) is 30.2 Å². The maximum atomic E-state index is 12.1. The Hall–Kier alpha value is -1.41. The predicted molar refractivity (Wildman–Crippen MR) is 83.8 cm³/mol. The van der Waals surface area contributed by atoms with Crippen LogP contribution in [-0.4, -0.2) is 46.5 Å². The molecule has 1 amide bonds. The summed E-state index contributed by atoms with van der Waals surface area (Å²) in [6, 6.07) is -0.213. The molecule has 1 aromatic rings. The van der Waals surface area contributed by atoms with Crippen molar-refractivity contribution in [3.63, 3.8) is 0 Å². The van der Waals surface area contributed by atoms with Crippen molar-refractivity contribution < 1.29 is 13.2 Å². The molecular formula is C14H24N4O3S. The number of hydrogen-bond donors (Lipinski definition) is 1. The second-order valence-electron chi connectivity index (χ2n) is 5.87. The SMILES string of the molecule is CCS(=O)(=O)N1CCn2cc(CC(=O)NC(C)C)nc2[C@@H]1C. The average Bonchev–Trinajstić information content (AvgIpc) is 2.81. The lowest BCUT2D eigenvalue weighted by molar-refractivity contribution is -0.120. The largest absolute Gasteiger partial charge is 0.354 e. The van der Waals surface area contributed by atoms with Crippen LogP contribution in [0.15, 0.2) is 6.20 Å². The highest BCUT2D eigenvalue weighted by atomic mass is 32.2. The summed E-state index contributed by atoms with van der Waals surface area (Å²) >= 11 is 0. The number of nitrogens with one attached hydrogen (secondary N) is 1. The van der Waals surface area contributed by atoms with Crippen LogP contribution in [0, 0.1) is 0 Å². The zero-order valence-corrected chi connectivity index (χ0v) is 14.4. The van der Waals surface area contributed by atoms with E-state index in [2.05, 4.69) is 10.3 Å². The summed E-state index contributed by atoms with van der Waals surface area (Å²) in [5, 5.41) is 2.83. The standard InChI is InChI=1S/C14H24N4O3S/c1-5-22(20,21)18-7-6-17-9-12(16-14(17)11(18)4)8-13(19)15-10(2)3/h9-11H,5-8H2,1-4H3,(H,15,19)/t11-/m0/s1. The fourth-order valence-corrected chi connectivity index (χ4v) is 3.96. The van der Waals surface area contributed by atoms with Gasteiger partial charge in [-0.3, -0.25) is 4.79 Å². The molecule has 8 heteroatoms. The van der Waals surface area contributed by atoms with Gasteiger partial charge in [0.1, 0.15) is 5.82 Å². The zero-order chi connectivity index (χ0) is 16.5. The fourth-order valence-electron chi connectivity index (χ4n) is 2.70. The molecule has 0 aliphatic carbocycles. The van der Waals surface area contributed by atoms with Crippen molar-refractivity contribution in [1.82, 2.24) is 19.2 Å². The molecule has 0 aromatic carbocycles. The van der Waals surface area contributed by atoms with Gasteiger partial charge in [-0.25, -0.2) is 13.4 Å². The quantitative estimate of drug-likeness (QED) is 0.861. The van der Waals surface area contributed by atoms with E-state index in [1.807, 2.05) is 31.5 Å². The van der Waals surface area contributed by atoms with E-state index in [9.17, 15) is 13.2 Å². The molecule has 0 bridgehead atoms. The Labute approximate surface area is 131 Å². The molecule has 7 nitrogen and oxygen atoms in total. The Morgan fingerprint density at radius 3 is 2.73 bits per heavy atom. The molecule has 1 N–H and O–H groups in total. The number of hydrogen-bond acceptors (Lipinski definition) is 4. The van der Waals surface area contributed by atoms with Gasteiger partial charge in [0, 0.05) is 25.3 Å². The van der Waals surface area contributed by atoms with Crippen molar-refractivity contribution in [3.05, 3.63) is 17.7 Å². The normalized spacial score (nSPS) is 19.2. The van der Waals surface area contributed by atoms with Gasteiger partial charge < -0.3 is 9.88 Å². The molecule has 1 aliphatic rings. The van der Waals surface area contributed by atoms with Gasteiger partial charge in [-0.1, -0.05) is 0 Å². The minimum absolute atomic E-state index is 0.0730. The van der Waals surface area contributed by atoms with E-state index in [0.717, 1.165) is 0 Å². The summed E-state index contributed by atoms with van der Waals surface area (Å²) in [5.74, 6) is 0.716. The third kappa shape index (κ3) is 3.49. The Morgan fingerprint density at radius 2 is 2.14 bits per heavy atom. The highest BCUT2D eigenvalue weighted by Gasteiger charge is 2.33. The zero-order valence-electron chi connectivity index (χ0n) is 13.5. The van der Waals surface area contributed by atoms with Crippen LogP contribution in [0.2, 0.25) is 0 Å². The molecular weight excluding hydrogens is 304 g/mol. The van der Waals surface area contributed by atoms with E-state index in [0.29, 0.717) is 24.6 Å². The van der Waals surface area contributed by atoms with Gasteiger partial charge in [-0.15, -0.1) is 0 Å². The molecule has 1 aromatic heterocycles. The van der Waals surface area contributed by atoms with E-state index >= 15 is 0 Å². The lowest BCUT2D eigenvalue weighted by Gasteiger charge is -2.32. The van der Waals surface area contributed by atoms with Crippen LogP contribution >= 0.6 is 0 Å². The smallest absolute Gasteiger partial charge is 0.226 e.